The van der Waals surface area contributed by atoms with Crippen molar-refractivity contribution in [3.8, 4) is 11.4 Å². The van der Waals surface area contributed by atoms with Crippen molar-refractivity contribution < 1.29 is 0 Å². The Morgan fingerprint density at radius 1 is 1.24 bits per heavy atom. The molecule has 1 aromatic carbocycles. The minimum absolute atomic E-state index is 0.738. The lowest BCUT2D eigenvalue weighted by Crippen LogP contribution is -1.82. The molecule has 0 spiro atoms. The van der Waals surface area contributed by atoms with E-state index < -0.39 is 0 Å². The first-order valence-corrected chi connectivity index (χ1v) is 6.45. The van der Waals surface area contributed by atoms with Crippen LogP contribution in [-0.2, 0) is 0 Å². The van der Waals surface area contributed by atoms with Crippen molar-refractivity contribution in [2.24, 2.45) is 0 Å². The largest absolute Gasteiger partial charge is 0.337 e. The smallest absolute Gasteiger partial charge is 0.138 e. The maximum atomic E-state index is 6.10. The Morgan fingerprint density at radius 3 is 2.88 bits per heavy atom. The minimum Gasteiger partial charge on any atom is -0.337 e. The normalized spacial score (nSPS) is 10.9. The Balaban J connectivity index is 2.17. The van der Waals surface area contributed by atoms with Crippen LogP contribution in [0.2, 0.25) is 5.02 Å². The molecule has 3 aromatic rings. The number of hydrogen-bond donors (Lipinski definition) is 1. The van der Waals surface area contributed by atoms with Gasteiger partial charge < -0.3 is 4.98 Å². The van der Waals surface area contributed by atoms with Gasteiger partial charge in [-0.25, -0.2) is 4.98 Å². The quantitative estimate of drug-likeness (QED) is 0.673. The van der Waals surface area contributed by atoms with Gasteiger partial charge in [-0.05, 0) is 40.8 Å². The molecular weight excluding hydrogens is 349 g/mol. The van der Waals surface area contributed by atoms with Crippen molar-refractivity contribution in [3.63, 3.8) is 0 Å². The lowest BCUT2D eigenvalue weighted by molar-refractivity contribution is 1.32. The summed E-state index contributed by atoms with van der Waals surface area (Å²) < 4.78 is 1.03. The molecule has 0 amide bonds. The van der Waals surface area contributed by atoms with Crippen LogP contribution in [0.1, 0.15) is 0 Å². The molecule has 2 aromatic heterocycles. The maximum Gasteiger partial charge on any atom is 0.138 e. The monoisotopic (exact) mass is 355 g/mol. The van der Waals surface area contributed by atoms with Crippen LogP contribution < -0.4 is 0 Å². The molecule has 0 saturated carbocycles. The summed E-state index contributed by atoms with van der Waals surface area (Å²) in [6.45, 7) is 0. The Bertz CT molecular complexity index is 660. The summed E-state index contributed by atoms with van der Waals surface area (Å²) in [4.78, 5) is 11.8. The maximum absolute atomic E-state index is 6.10. The van der Waals surface area contributed by atoms with E-state index in [-0.39, 0.29) is 0 Å². The minimum atomic E-state index is 0.738. The van der Waals surface area contributed by atoms with E-state index >= 15 is 0 Å². The van der Waals surface area contributed by atoms with Crippen molar-refractivity contribution in [3.05, 3.63) is 45.3 Å². The zero-order valence-electron chi connectivity index (χ0n) is 8.61. The molecule has 0 atom stereocenters. The molecule has 0 unspecified atom stereocenters. The van der Waals surface area contributed by atoms with Gasteiger partial charge in [0, 0.05) is 15.3 Å². The highest BCUT2D eigenvalue weighted by molar-refractivity contribution is 14.1. The third kappa shape index (κ3) is 2.02. The van der Waals surface area contributed by atoms with Gasteiger partial charge in [0.15, 0.2) is 0 Å². The highest BCUT2D eigenvalue weighted by atomic mass is 127. The van der Waals surface area contributed by atoms with Gasteiger partial charge in [0.1, 0.15) is 5.82 Å². The summed E-state index contributed by atoms with van der Waals surface area (Å²) in [5.41, 5.74) is 2.81. The van der Waals surface area contributed by atoms with Crippen molar-refractivity contribution in [1.82, 2.24) is 15.0 Å². The van der Waals surface area contributed by atoms with E-state index in [2.05, 4.69) is 37.5 Å². The van der Waals surface area contributed by atoms with E-state index in [9.17, 15) is 0 Å². The van der Waals surface area contributed by atoms with Gasteiger partial charge in [-0.3, -0.25) is 4.98 Å². The molecule has 1 N–H and O–H groups in total. The Hall–Kier alpha value is -1.14. The average Bonchev–Trinajstić information content (AvgIpc) is 2.76. The fourth-order valence-electron chi connectivity index (χ4n) is 1.64. The molecule has 84 valence electrons. The third-order valence-corrected chi connectivity index (χ3v) is 4.05. The first-order chi connectivity index (χ1) is 8.24. The van der Waals surface area contributed by atoms with Gasteiger partial charge in [0.2, 0.25) is 0 Å². The zero-order valence-corrected chi connectivity index (χ0v) is 11.5. The molecule has 2 heterocycles. The second-order valence-electron chi connectivity index (χ2n) is 3.61. The number of H-pyrrole nitrogens is 1. The first kappa shape index (κ1) is 11.0. The Labute approximate surface area is 116 Å². The van der Waals surface area contributed by atoms with Crippen molar-refractivity contribution in [2.75, 3.05) is 0 Å². The number of halogens is 2. The molecule has 3 nitrogen and oxygen atoms in total. The molecule has 17 heavy (non-hydrogen) atoms. The number of benzene rings is 1. The first-order valence-electron chi connectivity index (χ1n) is 4.99. The summed E-state index contributed by atoms with van der Waals surface area (Å²) in [7, 11) is 0. The van der Waals surface area contributed by atoms with E-state index in [1.54, 1.807) is 12.4 Å². The standard InChI is InChI=1S/C12H7ClIN3/c13-8-5-7(1-2-9(8)14)12-16-10-3-4-15-6-11(10)17-12/h1-6H,(H,16,17). The van der Waals surface area contributed by atoms with Gasteiger partial charge in [-0.15, -0.1) is 0 Å². The molecule has 3 rings (SSSR count). The fraction of sp³-hybridized carbons (Fsp3) is 0. The second kappa shape index (κ2) is 4.27. The van der Waals surface area contributed by atoms with Gasteiger partial charge >= 0.3 is 0 Å². The van der Waals surface area contributed by atoms with Gasteiger partial charge in [0.25, 0.3) is 0 Å². The molecular formula is C12H7ClIN3. The Kier molecular flexibility index (Phi) is 2.76. The van der Waals surface area contributed by atoms with Gasteiger partial charge in [0.05, 0.1) is 22.3 Å². The average molecular weight is 356 g/mol. The lowest BCUT2D eigenvalue weighted by atomic mass is 10.2. The van der Waals surface area contributed by atoms with Gasteiger partial charge in [-0.1, -0.05) is 17.7 Å². The van der Waals surface area contributed by atoms with Crippen LogP contribution in [0.15, 0.2) is 36.7 Å². The van der Waals surface area contributed by atoms with Crippen molar-refractivity contribution in [2.45, 2.75) is 0 Å². The lowest BCUT2D eigenvalue weighted by Gasteiger charge is -1.99. The SMILES string of the molecule is Clc1cc(-c2nc3ccncc3[nH]2)ccc1I. The predicted octanol–water partition coefficient (Wildman–Crippen LogP) is 3.88. The van der Waals surface area contributed by atoms with Crippen LogP contribution >= 0.6 is 34.2 Å². The number of aromatic amines is 1. The molecule has 0 radical (unpaired) electrons. The van der Waals surface area contributed by atoms with Crippen molar-refractivity contribution >= 4 is 45.2 Å². The molecule has 0 aliphatic rings. The molecule has 0 fully saturated rings. The van der Waals surface area contributed by atoms with E-state index in [0.29, 0.717) is 0 Å². The van der Waals surface area contributed by atoms with Crippen LogP contribution in [-0.4, -0.2) is 15.0 Å². The number of rotatable bonds is 1. The number of aromatic nitrogens is 3. The molecule has 5 heteroatoms. The van der Waals surface area contributed by atoms with E-state index in [1.165, 1.54) is 0 Å². The summed E-state index contributed by atoms with van der Waals surface area (Å²) in [6.07, 6.45) is 3.49. The summed E-state index contributed by atoms with van der Waals surface area (Å²) in [6, 6.07) is 7.76. The summed E-state index contributed by atoms with van der Waals surface area (Å²) in [5.74, 6) is 0.811. The number of hydrogen-bond acceptors (Lipinski definition) is 2. The number of nitrogens with one attached hydrogen (secondary N) is 1. The third-order valence-electron chi connectivity index (χ3n) is 2.48. The number of pyridine rings is 1. The number of nitrogens with zero attached hydrogens (tertiary/aromatic N) is 2. The predicted molar refractivity (Wildman–Crippen MR) is 77.1 cm³/mol. The molecule has 0 bridgehead atoms. The van der Waals surface area contributed by atoms with Crippen LogP contribution in [0.4, 0.5) is 0 Å². The number of fused-ring (bicyclic) bond motifs is 1. The highest BCUT2D eigenvalue weighted by Gasteiger charge is 2.06. The zero-order chi connectivity index (χ0) is 11.8. The van der Waals surface area contributed by atoms with Crippen molar-refractivity contribution in [1.29, 1.82) is 0 Å². The van der Waals surface area contributed by atoms with Crippen LogP contribution in [0.3, 0.4) is 0 Å². The fourth-order valence-corrected chi connectivity index (χ4v) is 2.15. The Morgan fingerprint density at radius 2 is 2.12 bits per heavy atom. The van der Waals surface area contributed by atoms with E-state index in [1.807, 2.05) is 24.3 Å². The van der Waals surface area contributed by atoms with Gasteiger partial charge in [-0.2, -0.15) is 0 Å². The summed E-state index contributed by atoms with van der Waals surface area (Å²) >= 11 is 8.30. The van der Waals surface area contributed by atoms with Crippen LogP contribution in [0.25, 0.3) is 22.4 Å². The van der Waals surface area contributed by atoms with E-state index in [4.69, 9.17) is 11.6 Å². The van der Waals surface area contributed by atoms with Crippen LogP contribution in [0, 0.1) is 3.57 Å². The second-order valence-corrected chi connectivity index (χ2v) is 5.18. The molecule has 0 aliphatic carbocycles. The molecule has 0 saturated heterocycles. The molecule has 0 aliphatic heterocycles. The topological polar surface area (TPSA) is 41.6 Å². The van der Waals surface area contributed by atoms with Crippen LogP contribution in [0.5, 0.6) is 0 Å². The summed E-state index contributed by atoms with van der Waals surface area (Å²) in [5, 5.41) is 0.738. The number of imidazole rings is 1. The highest BCUT2D eigenvalue weighted by Crippen LogP contribution is 2.26. The van der Waals surface area contributed by atoms with E-state index in [0.717, 1.165) is 31.0 Å².